The van der Waals surface area contributed by atoms with E-state index in [0.29, 0.717) is 34.8 Å². The zero-order valence-corrected chi connectivity index (χ0v) is 64.7. The molecule has 4 rings (SSSR count). The van der Waals surface area contributed by atoms with Gasteiger partial charge in [0.15, 0.2) is 16.6 Å². The second-order valence-corrected chi connectivity index (χ2v) is 39.9. The van der Waals surface area contributed by atoms with Crippen molar-refractivity contribution in [1.29, 1.82) is 0 Å². The number of ether oxygens (including phenoxy) is 4. The van der Waals surface area contributed by atoms with E-state index in [1.807, 2.05) is 60.7 Å². The zero-order valence-electron chi connectivity index (χ0n) is 62.7. The molecule has 0 aliphatic rings. The second kappa shape index (κ2) is 38.8. The zero-order chi connectivity index (χ0) is 71.1. The summed E-state index contributed by atoms with van der Waals surface area (Å²) in [5.74, 6) is 2.21. The first-order valence-corrected chi connectivity index (χ1v) is 40.3. The average molecular weight is 1330 g/mol. The van der Waals surface area contributed by atoms with Crippen LogP contribution in [-0.4, -0.2) is 80.1 Å². The first kappa shape index (κ1) is 83.2. The van der Waals surface area contributed by atoms with Gasteiger partial charge >= 0.3 is 11.3 Å². The van der Waals surface area contributed by atoms with E-state index in [4.69, 9.17) is 36.6 Å². The van der Waals surface area contributed by atoms with Crippen LogP contribution in [0.5, 0.6) is 0 Å². The Morgan fingerprint density at radius 3 is 1.22 bits per heavy atom. The van der Waals surface area contributed by atoms with Crippen molar-refractivity contribution in [3.05, 3.63) is 178 Å². The largest absolute Gasteiger partial charge is 0.423 e. The Morgan fingerprint density at radius 1 is 0.500 bits per heavy atom. The maximum Gasteiger partial charge on any atom is 0.336 e. The lowest BCUT2D eigenvalue weighted by Gasteiger charge is -2.44. The topological polar surface area (TPSA) is 136 Å². The van der Waals surface area contributed by atoms with Crippen LogP contribution in [0, 0.1) is 65.1 Å². The van der Waals surface area contributed by atoms with Gasteiger partial charge in [-0.25, -0.2) is 9.59 Å². The number of allylic oxidation sites excluding steroid dienone is 7. The minimum atomic E-state index is -2.11. The molecule has 0 aliphatic carbocycles. The molecule has 0 spiro atoms. The molecule has 16 atom stereocenters. The van der Waals surface area contributed by atoms with Gasteiger partial charge in [0, 0.05) is 72.6 Å². The van der Waals surface area contributed by atoms with E-state index in [0.717, 1.165) is 34.7 Å². The van der Waals surface area contributed by atoms with E-state index in [2.05, 4.69) is 213 Å². The summed E-state index contributed by atoms with van der Waals surface area (Å²) >= 11 is 0. The molecule has 2 heterocycles. The molecule has 524 valence electrons. The molecule has 0 saturated carbocycles. The maximum absolute atomic E-state index is 11.7. The van der Waals surface area contributed by atoms with Crippen molar-refractivity contribution < 1.29 is 41.7 Å². The SMILES string of the molecule is C=C/C=C\C(C)[C@H](C)[C@@H](C)[C@H](O[Si](C)(C)C(C)(C)C)[C@@H](C)C/C(C)=C\[C@H](C)[C@@H](OCOC)C(C)/C=C\c1ccc2ccc(=O)oc2c1.C=C/C=C\C(C)[C@H](O)[C@@H](C)[C@H](O[Si](C)(C)C(C)(C)C)[C@@H](C)C/C(C)=C\[C@H](C)[C@@H](OCOC)C(C)/C=C\c1ccc2ccc(=O)oc2c1. The predicted octanol–water partition coefficient (Wildman–Crippen LogP) is 20.9. The van der Waals surface area contributed by atoms with Gasteiger partial charge in [0.05, 0.1) is 30.5 Å². The number of methoxy groups -OCH3 is 2. The van der Waals surface area contributed by atoms with Crippen LogP contribution < -0.4 is 11.3 Å². The predicted molar refractivity (Wildman–Crippen MR) is 403 cm³/mol. The Morgan fingerprint density at radius 2 is 0.862 bits per heavy atom. The summed E-state index contributed by atoms with van der Waals surface area (Å²) < 4.78 is 48.2. The van der Waals surface area contributed by atoms with Crippen molar-refractivity contribution in [2.45, 2.75) is 211 Å². The van der Waals surface area contributed by atoms with Gasteiger partial charge in [0.1, 0.15) is 24.8 Å². The third-order valence-corrected chi connectivity index (χ3v) is 29.1. The standard InChI is InChI=1S/C41H64O5Si.C40H62O6Si/c1-15-16-17-29(3)33(7)34(8)40(46-47(13,14)41(9,10)11)32(6)25-28(2)24-31(5)39(44-27-43-12)30(4)18-19-35-20-21-36-22-23-38(42)45-37(36)26-35;1-14-15-16-28(3)37(42)32(7)39(46-47(12,13)40(8,9)10)31(6)24-27(2)23-30(5)38(44-26-43-11)29(4)17-18-33-19-20-34-21-22-36(41)45-35(34)25-33/h15-24,26,29-34,39-40H,1,25,27H2,2-14H3;14-23,25,28-32,37-39,42H,1,24,26H2,2-13H3/b17-16-,19-18-,28-24-;16-15-,18-17-,27-23-/t29?,30?,31-,32-,33-,34+,39-,40+;28?,29?,30-,31-,32+,37-,38-,39+/m00/s1. The number of fused-ring (bicyclic) bond motifs is 2. The quantitative estimate of drug-likeness (QED) is 0.0153. The Bertz CT molecular complexity index is 3040. The fraction of sp³-hybridized carbons (Fsp3) is 0.580. The molecule has 4 aromatic rings. The highest BCUT2D eigenvalue weighted by Crippen LogP contribution is 2.43. The van der Waals surface area contributed by atoms with Gasteiger partial charge in [-0.2, -0.15) is 0 Å². The molecular formula is C81H126O11Si2. The van der Waals surface area contributed by atoms with Crippen LogP contribution in [0.2, 0.25) is 36.3 Å². The molecular weight excluding hydrogens is 1210 g/mol. The molecule has 0 aliphatic heterocycles. The second-order valence-electron chi connectivity index (χ2n) is 30.4. The summed E-state index contributed by atoms with van der Waals surface area (Å²) in [4.78, 5) is 23.4. The van der Waals surface area contributed by atoms with Gasteiger partial charge in [-0.3, -0.25) is 0 Å². The fourth-order valence-electron chi connectivity index (χ4n) is 12.2. The van der Waals surface area contributed by atoms with E-state index in [1.165, 1.54) is 23.3 Å². The van der Waals surface area contributed by atoms with Crippen LogP contribution in [0.4, 0.5) is 0 Å². The van der Waals surface area contributed by atoms with Gasteiger partial charge in [-0.15, -0.1) is 0 Å². The maximum atomic E-state index is 11.7. The molecule has 0 radical (unpaired) electrons. The van der Waals surface area contributed by atoms with Gasteiger partial charge in [0.25, 0.3) is 0 Å². The van der Waals surface area contributed by atoms with E-state index in [-0.39, 0.29) is 101 Å². The molecule has 11 nitrogen and oxygen atoms in total. The first-order chi connectivity index (χ1) is 43.8. The summed E-state index contributed by atoms with van der Waals surface area (Å²) in [6.07, 6.45) is 26.1. The molecule has 0 fully saturated rings. The molecule has 0 bridgehead atoms. The van der Waals surface area contributed by atoms with Crippen molar-refractivity contribution in [2.24, 2.45) is 65.1 Å². The van der Waals surface area contributed by atoms with Crippen LogP contribution >= 0.6 is 0 Å². The molecule has 1 N–H and O–H groups in total. The summed E-state index contributed by atoms with van der Waals surface area (Å²) in [5, 5.41) is 13.4. The summed E-state index contributed by atoms with van der Waals surface area (Å²) in [6.45, 7) is 60.2. The number of benzene rings is 2. The normalized spacial score (nSPS) is 18.6. The van der Waals surface area contributed by atoms with Crippen molar-refractivity contribution in [3.63, 3.8) is 0 Å². The smallest absolute Gasteiger partial charge is 0.336 e. The summed E-state index contributed by atoms with van der Waals surface area (Å²) in [6, 6.07) is 18.2. The molecule has 13 heteroatoms. The highest BCUT2D eigenvalue weighted by Gasteiger charge is 2.44. The highest BCUT2D eigenvalue weighted by molar-refractivity contribution is 6.74. The Balaban J connectivity index is 0.000000490. The average Bonchev–Trinajstić information content (AvgIpc) is 0.859. The van der Waals surface area contributed by atoms with Crippen LogP contribution in [0.1, 0.15) is 156 Å². The molecule has 4 unspecified atom stereocenters. The Labute approximate surface area is 571 Å². The molecule has 2 aromatic carbocycles. The Hall–Kier alpha value is -5.07. The third-order valence-electron chi connectivity index (χ3n) is 20.2. The third kappa shape index (κ3) is 26.1. The van der Waals surface area contributed by atoms with Gasteiger partial charge < -0.3 is 41.7 Å². The lowest BCUT2D eigenvalue weighted by molar-refractivity contribution is -0.0948. The lowest BCUT2D eigenvalue weighted by atomic mass is 9.77. The Kier molecular flexibility index (Phi) is 34.3. The minimum Gasteiger partial charge on any atom is -0.423 e. The van der Waals surface area contributed by atoms with E-state index in [1.54, 1.807) is 32.4 Å². The minimum absolute atomic E-state index is 0.0150. The summed E-state index contributed by atoms with van der Waals surface area (Å²) in [5.41, 5.74) is 5.00. The fourth-order valence-corrected chi connectivity index (χ4v) is 15.2. The number of rotatable bonds is 36. The number of hydrogen-bond donors (Lipinski definition) is 1. The summed E-state index contributed by atoms with van der Waals surface area (Å²) in [7, 11) is -0.817. The van der Waals surface area contributed by atoms with Crippen molar-refractivity contribution in [2.75, 3.05) is 27.8 Å². The van der Waals surface area contributed by atoms with Gasteiger partial charge in [-0.1, -0.05) is 239 Å². The molecule has 0 saturated heterocycles. The molecule has 2 aromatic heterocycles. The lowest BCUT2D eigenvalue weighted by Crippen LogP contribution is -2.49. The first-order valence-electron chi connectivity index (χ1n) is 34.4. The van der Waals surface area contributed by atoms with Crippen molar-refractivity contribution in [3.8, 4) is 0 Å². The number of aliphatic hydroxyl groups is 1. The highest BCUT2D eigenvalue weighted by atomic mass is 28.4. The van der Waals surface area contributed by atoms with Crippen molar-refractivity contribution >= 4 is 50.7 Å². The van der Waals surface area contributed by atoms with Crippen molar-refractivity contribution in [1.82, 2.24) is 0 Å². The van der Waals surface area contributed by atoms with Crippen LogP contribution in [0.15, 0.2) is 164 Å². The van der Waals surface area contributed by atoms with E-state index in [9.17, 15) is 14.7 Å². The molecule has 0 amide bonds. The van der Waals surface area contributed by atoms with Gasteiger partial charge in [0.2, 0.25) is 0 Å². The number of aliphatic hydroxyl groups excluding tert-OH is 1. The van der Waals surface area contributed by atoms with Crippen LogP contribution in [0.3, 0.4) is 0 Å². The monoisotopic (exact) mass is 1330 g/mol. The van der Waals surface area contributed by atoms with E-state index < -0.39 is 22.7 Å². The number of hydrogen-bond acceptors (Lipinski definition) is 11. The van der Waals surface area contributed by atoms with Crippen LogP contribution in [0.25, 0.3) is 34.1 Å². The molecule has 94 heavy (non-hydrogen) atoms. The van der Waals surface area contributed by atoms with Crippen LogP contribution in [-0.2, 0) is 27.8 Å². The van der Waals surface area contributed by atoms with Gasteiger partial charge in [-0.05, 0) is 128 Å². The van der Waals surface area contributed by atoms with E-state index >= 15 is 0 Å².